The Labute approximate surface area is 83.2 Å². The molecule has 0 saturated heterocycles. The van der Waals surface area contributed by atoms with E-state index in [9.17, 15) is 9.18 Å². The Balaban J connectivity index is 2.61. The second kappa shape index (κ2) is 3.34. The third kappa shape index (κ3) is 1.58. The van der Waals surface area contributed by atoms with Crippen LogP contribution in [-0.4, -0.2) is 10.2 Å². The molecule has 0 aliphatic rings. The molecule has 2 aromatic rings. The van der Waals surface area contributed by atoms with Crippen LogP contribution in [0.2, 0.25) is 0 Å². The summed E-state index contributed by atoms with van der Waals surface area (Å²) in [6, 6.07) is 4.42. The first kappa shape index (κ1) is 9.08. The maximum atomic E-state index is 12.9. The van der Waals surface area contributed by atoms with Gasteiger partial charge in [-0.1, -0.05) is 17.4 Å². The number of aryl methyl sites for hydroxylation is 1. The monoisotopic (exact) mass is 210 g/mol. The van der Waals surface area contributed by atoms with E-state index in [0.29, 0.717) is 10.6 Å². The molecule has 0 fully saturated rings. The van der Waals surface area contributed by atoms with Crippen LogP contribution in [0.4, 0.5) is 4.39 Å². The van der Waals surface area contributed by atoms with Crippen LogP contribution < -0.4 is 4.87 Å². The first-order valence-electron chi connectivity index (χ1n) is 3.99. The maximum absolute atomic E-state index is 12.9. The Kier molecular flexibility index (Phi) is 2.17. The Morgan fingerprint density at radius 2 is 2.29 bits per heavy atom. The van der Waals surface area contributed by atoms with E-state index in [-0.39, 0.29) is 10.7 Å². The summed E-state index contributed by atoms with van der Waals surface area (Å²) in [6.07, 6.45) is 0. The van der Waals surface area contributed by atoms with Gasteiger partial charge in [0.25, 0.3) is 0 Å². The predicted molar refractivity (Wildman–Crippen MR) is 52.9 cm³/mol. The zero-order valence-electron chi connectivity index (χ0n) is 7.37. The van der Waals surface area contributed by atoms with Crippen LogP contribution in [0.1, 0.15) is 5.56 Å². The lowest BCUT2D eigenvalue weighted by molar-refractivity contribution is 0.628. The van der Waals surface area contributed by atoms with Gasteiger partial charge in [-0.3, -0.25) is 4.79 Å². The average Bonchev–Trinajstić information content (AvgIpc) is 2.56. The number of rotatable bonds is 1. The first-order chi connectivity index (χ1) is 6.66. The first-order valence-corrected chi connectivity index (χ1v) is 4.80. The highest BCUT2D eigenvalue weighted by molar-refractivity contribution is 7.12. The van der Waals surface area contributed by atoms with Gasteiger partial charge in [0.15, 0.2) is 0 Å². The van der Waals surface area contributed by atoms with Gasteiger partial charge in [-0.2, -0.15) is 5.10 Å². The molecule has 3 nitrogen and oxygen atoms in total. The highest BCUT2D eigenvalue weighted by atomic mass is 32.1. The van der Waals surface area contributed by atoms with Gasteiger partial charge in [-0.25, -0.2) is 9.49 Å². The molecule has 0 spiro atoms. The van der Waals surface area contributed by atoms with E-state index >= 15 is 0 Å². The Hall–Kier alpha value is -1.49. The molecule has 1 N–H and O–H groups in total. The predicted octanol–water partition coefficient (Wildman–Crippen LogP) is 1.95. The Bertz CT molecular complexity index is 518. The second-order valence-corrected chi connectivity index (χ2v) is 3.84. The molecule has 0 aliphatic heterocycles. The number of hydrogen-bond acceptors (Lipinski definition) is 3. The molecule has 0 amide bonds. The highest BCUT2D eigenvalue weighted by Crippen LogP contribution is 2.23. The molecule has 0 aliphatic carbocycles. The van der Waals surface area contributed by atoms with E-state index in [1.54, 1.807) is 6.07 Å². The lowest BCUT2D eigenvalue weighted by atomic mass is 10.1. The van der Waals surface area contributed by atoms with Gasteiger partial charge in [-0.15, -0.1) is 0 Å². The number of aromatic nitrogens is 2. The minimum atomic E-state index is -0.326. The number of halogens is 1. The van der Waals surface area contributed by atoms with Gasteiger partial charge < -0.3 is 0 Å². The van der Waals surface area contributed by atoms with Crippen LogP contribution in [0.15, 0.2) is 23.0 Å². The third-order valence-corrected chi connectivity index (χ3v) is 2.65. The van der Waals surface area contributed by atoms with Crippen molar-refractivity contribution in [3.05, 3.63) is 39.2 Å². The molecule has 14 heavy (non-hydrogen) atoms. The number of benzene rings is 1. The van der Waals surface area contributed by atoms with E-state index < -0.39 is 0 Å². The van der Waals surface area contributed by atoms with Crippen LogP contribution >= 0.6 is 11.3 Å². The van der Waals surface area contributed by atoms with Crippen LogP contribution in [0, 0.1) is 12.7 Å². The smallest absolute Gasteiger partial charge is 0.255 e. The summed E-state index contributed by atoms with van der Waals surface area (Å²) in [5.41, 5.74) is 1.56. The van der Waals surface area contributed by atoms with Crippen LogP contribution in [0.3, 0.4) is 0 Å². The van der Waals surface area contributed by atoms with E-state index in [1.165, 1.54) is 12.1 Å². The zero-order valence-corrected chi connectivity index (χ0v) is 8.19. The minimum absolute atomic E-state index is 0.233. The molecule has 1 aromatic carbocycles. The van der Waals surface area contributed by atoms with Crippen molar-refractivity contribution in [1.82, 2.24) is 10.2 Å². The molecule has 0 bridgehead atoms. The molecule has 0 unspecified atom stereocenters. The van der Waals surface area contributed by atoms with Crippen LogP contribution in [-0.2, 0) is 0 Å². The van der Waals surface area contributed by atoms with Crippen molar-refractivity contribution >= 4 is 11.3 Å². The average molecular weight is 210 g/mol. The SMILES string of the molecule is Cc1ccc(F)cc1-c1n[nH]c(=O)s1. The van der Waals surface area contributed by atoms with Crippen LogP contribution in [0.25, 0.3) is 10.6 Å². The van der Waals surface area contributed by atoms with Crippen molar-refractivity contribution in [3.8, 4) is 10.6 Å². The van der Waals surface area contributed by atoms with E-state index in [0.717, 1.165) is 16.9 Å². The van der Waals surface area contributed by atoms with Crippen molar-refractivity contribution in [1.29, 1.82) is 0 Å². The molecular formula is C9H7FN2OS. The fraction of sp³-hybridized carbons (Fsp3) is 0.111. The third-order valence-electron chi connectivity index (χ3n) is 1.87. The van der Waals surface area contributed by atoms with E-state index in [4.69, 9.17) is 0 Å². The van der Waals surface area contributed by atoms with Gasteiger partial charge in [0.2, 0.25) is 0 Å². The summed E-state index contributed by atoms with van der Waals surface area (Å²) in [6.45, 7) is 1.85. The lowest BCUT2D eigenvalue weighted by Crippen LogP contribution is -1.90. The molecule has 72 valence electrons. The minimum Gasteiger partial charge on any atom is -0.255 e. The fourth-order valence-electron chi connectivity index (χ4n) is 1.17. The van der Waals surface area contributed by atoms with Gasteiger partial charge in [0.05, 0.1) is 0 Å². The molecule has 1 aromatic heterocycles. The van der Waals surface area contributed by atoms with Crippen molar-refractivity contribution in [2.75, 3.05) is 0 Å². The van der Waals surface area contributed by atoms with Crippen molar-refractivity contribution in [2.45, 2.75) is 6.92 Å². The number of hydrogen-bond donors (Lipinski definition) is 1. The van der Waals surface area contributed by atoms with Crippen molar-refractivity contribution < 1.29 is 4.39 Å². The highest BCUT2D eigenvalue weighted by Gasteiger charge is 2.07. The standard InChI is InChI=1S/C9H7FN2OS/c1-5-2-3-6(10)4-7(5)8-11-12-9(13)14-8/h2-4H,1H3,(H,12,13). The Morgan fingerprint density at radius 3 is 2.93 bits per heavy atom. The number of aromatic amines is 1. The van der Waals surface area contributed by atoms with E-state index in [1.807, 2.05) is 6.92 Å². The number of H-pyrrole nitrogens is 1. The maximum Gasteiger partial charge on any atom is 0.322 e. The normalized spacial score (nSPS) is 10.4. The molecule has 5 heteroatoms. The van der Waals surface area contributed by atoms with Gasteiger partial charge in [0.1, 0.15) is 10.8 Å². The molecule has 1 heterocycles. The summed E-state index contributed by atoms with van der Waals surface area (Å²) in [5.74, 6) is -0.326. The number of nitrogens with zero attached hydrogens (tertiary/aromatic N) is 1. The summed E-state index contributed by atoms with van der Waals surface area (Å²) >= 11 is 0.975. The summed E-state index contributed by atoms with van der Waals surface area (Å²) in [4.78, 5) is 10.6. The zero-order chi connectivity index (χ0) is 10.1. The lowest BCUT2D eigenvalue weighted by Gasteiger charge is -2.00. The summed E-state index contributed by atoms with van der Waals surface area (Å²) in [5, 5.41) is 6.63. The molecule has 0 atom stereocenters. The quantitative estimate of drug-likeness (QED) is 0.781. The number of nitrogens with one attached hydrogen (secondary N) is 1. The summed E-state index contributed by atoms with van der Waals surface area (Å²) in [7, 11) is 0. The van der Waals surface area contributed by atoms with Gasteiger partial charge >= 0.3 is 4.87 Å². The largest absolute Gasteiger partial charge is 0.322 e. The molecular weight excluding hydrogens is 203 g/mol. The summed E-state index contributed by atoms with van der Waals surface area (Å²) < 4.78 is 12.9. The second-order valence-electron chi connectivity index (χ2n) is 2.88. The van der Waals surface area contributed by atoms with Crippen molar-refractivity contribution in [3.63, 3.8) is 0 Å². The molecule has 2 rings (SSSR count). The van der Waals surface area contributed by atoms with Gasteiger partial charge in [-0.05, 0) is 24.6 Å². The van der Waals surface area contributed by atoms with Crippen molar-refractivity contribution in [2.24, 2.45) is 0 Å². The van der Waals surface area contributed by atoms with Gasteiger partial charge in [0, 0.05) is 5.56 Å². The van der Waals surface area contributed by atoms with E-state index in [2.05, 4.69) is 10.2 Å². The fourth-order valence-corrected chi connectivity index (χ4v) is 1.86. The Morgan fingerprint density at radius 1 is 1.50 bits per heavy atom. The molecule has 0 saturated carbocycles. The van der Waals surface area contributed by atoms with Crippen LogP contribution in [0.5, 0.6) is 0 Å². The molecule has 0 radical (unpaired) electrons. The topological polar surface area (TPSA) is 45.8 Å².